The highest BCUT2D eigenvalue weighted by molar-refractivity contribution is 7.98. The molecule has 2 rings (SSSR count). The van der Waals surface area contributed by atoms with Crippen LogP contribution in [0.4, 0.5) is 10.1 Å². The molecule has 6 heteroatoms. The van der Waals surface area contributed by atoms with Crippen molar-refractivity contribution in [2.24, 2.45) is 5.73 Å². The van der Waals surface area contributed by atoms with Crippen molar-refractivity contribution in [1.82, 2.24) is 0 Å². The number of halogens is 1. The topological polar surface area (TPSA) is 55.1 Å². The molecular weight excluding hydrogens is 307 g/mol. The molecule has 0 saturated carbocycles. The summed E-state index contributed by atoms with van der Waals surface area (Å²) in [7, 11) is 0. The third kappa shape index (κ3) is 3.59. The SMILES string of the molecule is CSc1ccccc1C(=O)Nc1ccc(C(N)=S)cc1F. The Balaban J connectivity index is 2.26. The molecule has 1 amide bonds. The lowest BCUT2D eigenvalue weighted by Gasteiger charge is -2.10. The Morgan fingerprint density at radius 3 is 2.62 bits per heavy atom. The van der Waals surface area contributed by atoms with Gasteiger partial charge in [0.1, 0.15) is 10.8 Å². The maximum absolute atomic E-state index is 13.9. The van der Waals surface area contributed by atoms with Gasteiger partial charge in [-0.05, 0) is 36.6 Å². The molecule has 0 aliphatic carbocycles. The summed E-state index contributed by atoms with van der Waals surface area (Å²) < 4.78 is 13.9. The van der Waals surface area contributed by atoms with Gasteiger partial charge in [0.25, 0.3) is 5.91 Å². The first kappa shape index (κ1) is 15.5. The van der Waals surface area contributed by atoms with E-state index in [-0.39, 0.29) is 16.6 Å². The molecule has 0 aliphatic rings. The van der Waals surface area contributed by atoms with Gasteiger partial charge in [-0.1, -0.05) is 24.4 Å². The van der Waals surface area contributed by atoms with Gasteiger partial charge >= 0.3 is 0 Å². The van der Waals surface area contributed by atoms with E-state index >= 15 is 0 Å². The van der Waals surface area contributed by atoms with Gasteiger partial charge in [0, 0.05) is 10.5 Å². The number of thiocarbonyl (C=S) groups is 1. The number of nitrogens with two attached hydrogens (primary N) is 1. The van der Waals surface area contributed by atoms with Gasteiger partial charge in [-0.15, -0.1) is 11.8 Å². The molecule has 0 heterocycles. The zero-order chi connectivity index (χ0) is 15.4. The molecule has 0 aromatic heterocycles. The third-order valence-corrected chi connectivity index (χ3v) is 3.88. The van der Waals surface area contributed by atoms with E-state index < -0.39 is 5.82 Å². The van der Waals surface area contributed by atoms with Gasteiger partial charge in [-0.25, -0.2) is 4.39 Å². The molecule has 2 aromatic rings. The van der Waals surface area contributed by atoms with E-state index in [0.717, 1.165) is 4.90 Å². The van der Waals surface area contributed by atoms with Crippen LogP contribution < -0.4 is 11.1 Å². The molecule has 0 aliphatic heterocycles. The maximum Gasteiger partial charge on any atom is 0.256 e. The van der Waals surface area contributed by atoms with Crippen LogP contribution in [-0.2, 0) is 0 Å². The van der Waals surface area contributed by atoms with E-state index in [2.05, 4.69) is 5.32 Å². The lowest BCUT2D eigenvalue weighted by molar-refractivity contribution is 0.102. The number of hydrogen-bond acceptors (Lipinski definition) is 3. The summed E-state index contributed by atoms with van der Waals surface area (Å²) in [4.78, 5) is 13.2. The first-order valence-electron chi connectivity index (χ1n) is 6.06. The minimum Gasteiger partial charge on any atom is -0.389 e. The summed E-state index contributed by atoms with van der Waals surface area (Å²) in [5.41, 5.74) is 6.45. The summed E-state index contributed by atoms with van der Waals surface area (Å²) in [5, 5.41) is 2.56. The van der Waals surface area contributed by atoms with E-state index in [9.17, 15) is 9.18 Å². The quantitative estimate of drug-likeness (QED) is 0.669. The second-order valence-electron chi connectivity index (χ2n) is 4.21. The number of benzene rings is 2. The fourth-order valence-electron chi connectivity index (χ4n) is 1.79. The molecule has 0 radical (unpaired) electrons. The van der Waals surface area contributed by atoms with Gasteiger partial charge < -0.3 is 11.1 Å². The second-order valence-corrected chi connectivity index (χ2v) is 5.50. The second kappa shape index (κ2) is 6.69. The number of amides is 1. The Bertz CT molecular complexity index is 704. The van der Waals surface area contributed by atoms with Crippen LogP contribution in [-0.4, -0.2) is 17.2 Å². The molecule has 3 nitrogen and oxygen atoms in total. The predicted octanol–water partition coefficient (Wildman–Crippen LogP) is 3.43. The first-order valence-corrected chi connectivity index (χ1v) is 7.70. The molecular formula is C15H13FN2OS2. The lowest BCUT2D eigenvalue weighted by Crippen LogP contribution is -2.15. The normalized spacial score (nSPS) is 10.2. The number of rotatable bonds is 4. The molecule has 108 valence electrons. The van der Waals surface area contributed by atoms with Crippen LogP contribution in [0.1, 0.15) is 15.9 Å². The van der Waals surface area contributed by atoms with E-state index in [0.29, 0.717) is 11.1 Å². The Kier molecular flexibility index (Phi) is 4.93. The van der Waals surface area contributed by atoms with Crippen LogP contribution in [0.15, 0.2) is 47.4 Å². The zero-order valence-electron chi connectivity index (χ0n) is 11.2. The van der Waals surface area contributed by atoms with Crippen LogP contribution in [0.3, 0.4) is 0 Å². The summed E-state index contributed by atoms with van der Waals surface area (Å²) >= 11 is 6.24. The van der Waals surface area contributed by atoms with Gasteiger partial charge in [0.05, 0.1) is 11.3 Å². The van der Waals surface area contributed by atoms with Crippen molar-refractivity contribution < 1.29 is 9.18 Å². The van der Waals surface area contributed by atoms with Crippen LogP contribution >= 0.6 is 24.0 Å². The molecule has 0 fully saturated rings. The molecule has 3 N–H and O–H groups in total. The number of carbonyl (C=O) groups excluding carboxylic acids is 1. The van der Waals surface area contributed by atoms with Gasteiger partial charge in [0.15, 0.2) is 0 Å². The Morgan fingerprint density at radius 1 is 1.29 bits per heavy atom. The third-order valence-electron chi connectivity index (χ3n) is 2.85. The molecule has 0 spiro atoms. The Hall–Kier alpha value is -1.92. The summed E-state index contributed by atoms with van der Waals surface area (Å²) in [6, 6.07) is 11.4. The van der Waals surface area contributed by atoms with Crippen molar-refractivity contribution in [2.45, 2.75) is 4.90 Å². The zero-order valence-corrected chi connectivity index (χ0v) is 12.9. The minimum atomic E-state index is -0.574. The van der Waals surface area contributed by atoms with Crippen molar-refractivity contribution in [3.05, 3.63) is 59.4 Å². The number of hydrogen-bond donors (Lipinski definition) is 2. The molecule has 0 saturated heterocycles. The number of thioether (sulfide) groups is 1. The predicted molar refractivity (Wildman–Crippen MR) is 88.5 cm³/mol. The highest BCUT2D eigenvalue weighted by atomic mass is 32.2. The molecule has 0 atom stereocenters. The van der Waals surface area contributed by atoms with Gasteiger partial charge in [-0.3, -0.25) is 4.79 Å². The standard InChI is InChI=1S/C15H13FN2OS2/c1-21-13-5-3-2-4-10(13)15(19)18-12-7-6-9(14(17)20)8-11(12)16/h2-8H,1H3,(H2,17,20)(H,18,19). The Morgan fingerprint density at radius 2 is 2.00 bits per heavy atom. The van der Waals surface area contributed by atoms with Crippen LogP contribution in [0.5, 0.6) is 0 Å². The van der Waals surface area contributed by atoms with Crippen LogP contribution in [0, 0.1) is 5.82 Å². The van der Waals surface area contributed by atoms with E-state index in [4.69, 9.17) is 18.0 Å². The largest absolute Gasteiger partial charge is 0.389 e. The first-order chi connectivity index (χ1) is 10.0. The number of anilines is 1. The van der Waals surface area contributed by atoms with E-state index in [1.165, 1.54) is 23.9 Å². The average molecular weight is 320 g/mol. The van der Waals surface area contributed by atoms with Crippen molar-refractivity contribution in [1.29, 1.82) is 0 Å². The molecule has 21 heavy (non-hydrogen) atoms. The van der Waals surface area contributed by atoms with Crippen LogP contribution in [0.25, 0.3) is 0 Å². The summed E-state index contributed by atoms with van der Waals surface area (Å²) in [6.07, 6.45) is 1.88. The minimum absolute atomic E-state index is 0.0934. The monoisotopic (exact) mass is 320 g/mol. The molecule has 0 bridgehead atoms. The molecule has 2 aromatic carbocycles. The van der Waals surface area contributed by atoms with Gasteiger partial charge in [-0.2, -0.15) is 0 Å². The average Bonchev–Trinajstić information content (AvgIpc) is 2.48. The van der Waals surface area contributed by atoms with E-state index in [1.807, 2.05) is 18.4 Å². The number of nitrogens with one attached hydrogen (secondary N) is 1. The maximum atomic E-state index is 13.9. The number of carbonyl (C=O) groups is 1. The summed E-state index contributed by atoms with van der Waals surface area (Å²) in [6.45, 7) is 0. The summed E-state index contributed by atoms with van der Waals surface area (Å²) in [5.74, 6) is -0.933. The van der Waals surface area contributed by atoms with Crippen molar-refractivity contribution in [3.63, 3.8) is 0 Å². The fraction of sp³-hybridized carbons (Fsp3) is 0.0667. The lowest BCUT2D eigenvalue weighted by atomic mass is 10.1. The molecule has 0 unspecified atom stereocenters. The van der Waals surface area contributed by atoms with Crippen molar-refractivity contribution in [3.8, 4) is 0 Å². The van der Waals surface area contributed by atoms with Crippen LogP contribution in [0.2, 0.25) is 0 Å². The van der Waals surface area contributed by atoms with Gasteiger partial charge in [0.2, 0.25) is 0 Å². The fourth-order valence-corrected chi connectivity index (χ4v) is 2.51. The smallest absolute Gasteiger partial charge is 0.256 e. The Labute approximate surface area is 131 Å². The highest BCUT2D eigenvalue weighted by Crippen LogP contribution is 2.22. The van der Waals surface area contributed by atoms with E-state index in [1.54, 1.807) is 18.2 Å². The van der Waals surface area contributed by atoms with Crippen molar-refractivity contribution >= 4 is 40.6 Å². The highest BCUT2D eigenvalue weighted by Gasteiger charge is 2.13. The van der Waals surface area contributed by atoms with Crippen molar-refractivity contribution in [2.75, 3.05) is 11.6 Å².